The van der Waals surface area contributed by atoms with Crippen molar-refractivity contribution in [1.82, 2.24) is 5.32 Å². The predicted octanol–water partition coefficient (Wildman–Crippen LogP) is 6.86. The third-order valence-corrected chi connectivity index (χ3v) is 6.45. The zero-order chi connectivity index (χ0) is 24.2. The highest BCUT2D eigenvalue weighted by Crippen LogP contribution is 2.49. The molecule has 0 fully saturated rings. The molecule has 176 valence electrons. The van der Waals surface area contributed by atoms with Crippen molar-refractivity contribution in [2.24, 2.45) is 5.16 Å². The number of amides is 1. The number of nitrogens with zero attached hydrogens (tertiary/aromatic N) is 1. The number of halogens is 5. The lowest BCUT2D eigenvalue weighted by Gasteiger charge is -2.33. The van der Waals surface area contributed by atoms with Gasteiger partial charge in [0.15, 0.2) is 0 Å². The lowest BCUT2D eigenvalue weighted by atomic mass is 9.81. The topological polar surface area (TPSA) is 50.7 Å². The number of hydrogen-bond acceptors (Lipinski definition) is 4. The van der Waals surface area contributed by atoms with Gasteiger partial charge in [-0.1, -0.05) is 58.2 Å². The van der Waals surface area contributed by atoms with Gasteiger partial charge in [-0.25, -0.2) is 0 Å². The molecule has 0 bridgehead atoms. The number of carbonyl (C=O) groups excluding carboxylic acids is 1. The summed E-state index contributed by atoms with van der Waals surface area (Å²) in [6.07, 6.45) is 3.63. The first-order valence-corrected chi connectivity index (χ1v) is 12.4. The molecule has 0 aromatic heterocycles. The van der Waals surface area contributed by atoms with E-state index in [2.05, 4.69) is 10.5 Å². The lowest BCUT2D eigenvalue weighted by Crippen LogP contribution is -2.44. The number of rotatable bonds is 8. The summed E-state index contributed by atoms with van der Waals surface area (Å²) >= 11 is 20.0. The summed E-state index contributed by atoms with van der Waals surface area (Å²) in [4.78, 5) is 17.2. The van der Waals surface area contributed by atoms with E-state index in [9.17, 15) is 4.79 Å². The predicted molar refractivity (Wildman–Crippen MR) is 132 cm³/mol. The normalized spacial score (nSPS) is 18.3. The van der Waals surface area contributed by atoms with E-state index in [0.717, 1.165) is 6.08 Å². The highest BCUT2D eigenvalue weighted by molar-refractivity contribution is 7.99. The molecule has 4 nitrogen and oxygen atoms in total. The van der Waals surface area contributed by atoms with Gasteiger partial charge in [-0.05, 0) is 49.1 Å². The molecular weight excluding hydrogens is 513 g/mol. The number of hydrogen-bond donors (Lipinski definition) is 1. The number of alkyl halides is 2. The van der Waals surface area contributed by atoms with Gasteiger partial charge in [0.05, 0.1) is 11.5 Å². The van der Waals surface area contributed by atoms with Crippen LogP contribution in [0.3, 0.4) is 0 Å². The van der Waals surface area contributed by atoms with Crippen molar-refractivity contribution < 1.29 is 18.4 Å². The Morgan fingerprint density at radius 3 is 2.55 bits per heavy atom. The minimum Gasteiger partial charge on any atom is -0.377 e. The fourth-order valence-electron chi connectivity index (χ4n) is 3.49. The van der Waals surface area contributed by atoms with E-state index >= 15 is 8.78 Å². The van der Waals surface area contributed by atoms with E-state index < -0.39 is 11.5 Å². The van der Waals surface area contributed by atoms with Crippen LogP contribution in [0, 0.1) is 0 Å². The molecule has 1 N–H and O–H groups in total. The maximum atomic E-state index is 15.4. The second-order valence-corrected chi connectivity index (χ2v) is 9.58. The minimum absolute atomic E-state index is 0.104. The molecule has 1 aliphatic heterocycles. The molecule has 0 spiro atoms. The largest absolute Gasteiger partial charge is 0.377 e. The van der Waals surface area contributed by atoms with Crippen LogP contribution < -0.4 is 5.32 Å². The van der Waals surface area contributed by atoms with Crippen LogP contribution in [-0.4, -0.2) is 29.6 Å². The van der Waals surface area contributed by atoms with E-state index in [1.54, 1.807) is 18.2 Å². The Balaban J connectivity index is 1.91. The molecule has 1 amide bonds. The van der Waals surface area contributed by atoms with Gasteiger partial charge < -0.3 is 10.2 Å². The van der Waals surface area contributed by atoms with Crippen molar-refractivity contribution >= 4 is 58.2 Å². The molecule has 1 aliphatic rings. The molecule has 1 heterocycles. The van der Waals surface area contributed by atoms with Gasteiger partial charge >= 0.3 is 5.92 Å². The zero-order valence-corrected chi connectivity index (χ0v) is 20.9. The first kappa shape index (κ1) is 25.8. The third-order valence-electron chi connectivity index (χ3n) is 5.11. The van der Waals surface area contributed by atoms with Crippen LogP contribution in [0.5, 0.6) is 0 Å². The van der Waals surface area contributed by atoms with Crippen molar-refractivity contribution in [1.29, 1.82) is 0 Å². The van der Waals surface area contributed by atoms with Gasteiger partial charge in [-0.2, -0.15) is 20.5 Å². The number of thioether (sulfide) groups is 1. The van der Waals surface area contributed by atoms with Crippen LogP contribution >= 0.6 is 46.6 Å². The van der Waals surface area contributed by atoms with Crippen LogP contribution in [0.1, 0.15) is 30.0 Å². The number of allylic oxidation sites excluding steroid dienone is 1. The summed E-state index contributed by atoms with van der Waals surface area (Å²) in [5.41, 5.74) is -0.483. The fraction of sp³-hybridized carbons (Fsp3) is 0.304. The third kappa shape index (κ3) is 5.65. The number of carbonyl (C=O) groups is 1. The highest BCUT2D eigenvalue weighted by Gasteiger charge is 2.59. The Kier molecular flexibility index (Phi) is 8.32. The molecule has 0 radical (unpaired) electrons. The van der Waals surface area contributed by atoms with E-state index in [4.69, 9.17) is 39.6 Å². The smallest absolute Gasteiger partial charge is 0.312 e. The Morgan fingerprint density at radius 1 is 1.24 bits per heavy atom. The fourth-order valence-corrected chi connectivity index (χ4v) is 4.63. The summed E-state index contributed by atoms with van der Waals surface area (Å²) in [5.74, 6) is -3.17. The zero-order valence-electron chi connectivity index (χ0n) is 17.8. The molecule has 3 rings (SSSR count). The van der Waals surface area contributed by atoms with Gasteiger partial charge in [0.2, 0.25) is 11.5 Å². The first-order chi connectivity index (χ1) is 15.6. The molecule has 0 saturated carbocycles. The van der Waals surface area contributed by atoms with E-state index in [-0.39, 0.29) is 34.5 Å². The monoisotopic (exact) mass is 532 g/mol. The summed E-state index contributed by atoms with van der Waals surface area (Å²) in [7, 11) is 0. The van der Waals surface area contributed by atoms with Crippen LogP contribution in [0.2, 0.25) is 15.1 Å². The first-order valence-electron chi connectivity index (χ1n) is 9.89. The molecule has 1 atom stereocenters. The molecule has 0 saturated heterocycles. The van der Waals surface area contributed by atoms with E-state index in [1.165, 1.54) is 43.0 Å². The quantitative estimate of drug-likeness (QED) is 0.377. The number of benzene rings is 2. The van der Waals surface area contributed by atoms with E-state index in [1.807, 2.05) is 6.26 Å². The Morgan fingerprint density at radius 2 is 1.94 bits per heavy atom. The maximum absolute atomic E-state index is 15.4. The van der Waals surface area contributed by atoms with Crippen molar-refractivity contribution in [3.8, 4) is 0 Å². The standard InChI is InChI=1S/C23H21Cl3F2N2O2S/c1-3-6-23(27,28)22(16-8-17(24)10-18(25)9-16)11-20(30-32-22)14-4-5-15(19(26)7-14)12-29-21(31)13-33-2/h3-10H,11-13H2,1-2H3,(H,29,31)/b6-3+. The molecule has 2 aromatic rings. The summed E-state index contributed by atoms with van der Waals surface area (Å²) in [6.45, 7) is 1.76. The average molecular weight is 534 g/mol. The number of nitrogens with one attached hydrogen (secondary N) is 1. The SMILES string of the molecule is C/C=C/C(F)(F)C1(c2cc(Cl)cc(Cl)c2)CC(c2ccc(CNC(=O)CSC)c(Cl)c2)=NO1. The number of oxime groups is 1. The molecular formula is C23H21Cl3F2N2O2S. The van der Waals surface area contributed by atoms with Crippen LogP contribution in [-0.2, 0) is 21.8 Å². The Hall–Kier alpha value is -1.80. The van der Waals surface area contributed by atoms with Gasteiger partial charge in [0.1, 0.15) is 0 Å². The summed E-state index contributed by atoms with van der Waals surface area (Å²) < 4.78 is 30.7. The van der Waals surface area contributed by atoms with Crippen LogP contribution in [0.25, 0.3) is 0 Å². The molecule has 1 unspecified atom stereocenters. The molecule has 10 heteroatoms. The summed E-state index contributed by atoms with van der Waals surface area (Å²) in [6, 6.07) is 9.31. The van der Waals surface area contributed by atoms with Crippen molar-refractivity contribution in [3.05, 3.63) is 80.3 Å². The summed E-state index contributed by atoms with van der Waals surface area (Å²) in [5, 5.41) is 7.57. The average Bonchev–Trinajstić information content (AvgIpc) is 3.20. The van der Waals surface area contributed by atoms with Gasteiger partial charge in [-0.15, -0.1) is 0 Å². The van der Waals surface area contributed by atoms with E-state index in [0.29, 0.717) is 27.6 Å². The highest BCUT2D eigenvalue weighted by atomic mass is 35.5. The lowest BCUT2D eigenvalue weighted by molar-refractivity contribution is -0.176. The van der Waals surface area contributed by atoms with Gasteiger partial charge in [-0.3, -0.25) is 4.79 Å². The van der Waals surface area contributed by atoms with Crippen LogP contribution in [0.4, 0.5) is 8.78 Å². The molecule has 2 aromatic carbocycles. The maximum Gasteiger partial charge on any atom is 0.312 e. The minimum atomic E-state index is -3.41. The van der Waals surface area contributed by atoms with Crippen molar-refractivity contribution in [2.75, 3.05) is 12.0 Å². The second-order valence-electron chi connectivity index (χ2n) is 7.43. The van der Waals surface area contributed by atoms with Crippen molar-refractivity contribution in [2.45, 2.75) is 31.4 Å². The van der Waals surface area contributed by atoms with Gasteiger partial charge in [0.25, 0.3) is 0 Å². The molecule has 0 aliphatic carbocycles. The van der Waals surface area contributed by atoms with Crippen molar-refractivity contribution in [3.63, 3.8) is 0 Å². The second kappa shape index (κ2) is 10.6. The molecule has 33 heavy (non-hydrogen) atoms. The Labute approximate surface area is 210 Å². The van der Waals surface area contributed by atoms with Gasteiger partial charge in [0, 0.05) is 39.2 Å². The Bertz CT molecular complexity index is 1090. The van der Waals surface area contributed by atoms with Crippen LogP contribution in [0.15, 0.2) is 53.7 Å².